The highest BCUT2D eigenvalue weighted by Crippen LogP contribution is 2.33. The lowest BCUT2D eigenvalue weighted by atomic mass is 9.93. The highest BCUT2D eigenvalue weighted by Gasteiger charge is 2.40. The van der Waals surface area contributed by atoms with Crippen molar-refractivity contribution in [1.29, 1.82) is 0 Å². The second kappa shape index (κ2) is 6.23. The number of hydrogen-bond acceptors (Lipinski definition) is 5. The van der Waals surface area contributed by atoms with Gasteiger partial charge in [-0.25, -0.2) is 4.79 Å². The molecule has 7 nitrogen and oxygen atoms in total. The van der Waals surface area contributed by atoms with Crippen molar-refractivity contribution >= 4 is 23.9 Å². The number of barbiturate groups is 1. The summed E-state index contributed by atoms with van der Waals surface area (Å²) in [6.45, 7) is 0.152. The van der Waals surface area contributed by atoms with E-state index in [-0.39, 0.29) is 18.4 Å². The molecule has 1 N–H and O–H groups in total. The molecule has 0 aromatic heterocycles. The topological polar surface area (TPSA) is 84.9 Å². The largest absolute Gasteiger partial charge is 0.454 e. The van der Waals surface area contributed by atoms with Gasteiger partial charge in [-0.05, 0) is 36.6 Å². The Morgan fingerprint density at radius 3 is 2.60 bits per heavy atom. The van der Waals surface area contributed by atoms with Crippen molar-refractivity contribution in [3.63, 3.8) is 0 Å². The quantitative estimate of drug-likeness (QED) is 0.658. The summed E-state index contributed by atoms with van der Waals surface area (Å²) in [7, 11) is 0. The predicted molar refractivity (Wildman–Crippen MR) is 87.8 cm³/mol. The lowest BCUT2D eigenvalue weighted by Crippen LogP contribution is -2.58. The molecule has 0 radical (unpaired) electrons. The average molecular weight is 342 g/mol. The van der Waals surface area contributed by atoms with E-state index in [1.54, 1.807) is 18.2 Å². The van der Waals surface area contributed by atoms with Gasteiger partial charge in [0.05, 0.1) is 0 Å². The standard InChI is InChI=1S/C18H18N2O5/c21-16-13(8-11-6-7-14-15(9-11)25-10-24-14)17(22)20(18(23)19-16)12-4-2-1-3-5-12/h6-9,12H,1-5,10H2,(H,19,21,23)/b13-8-. The number of urea groups is 1. The minimum atomic E-state index is -0.667. The fraction of sp³-hybridized carbons (Fsp3) is 0.389. The molecule has 0 bridgehead atoms. The Hall–Kier alpha value is -2.83. The molecular weight excluding hydrogens is 324 g/mol. The normalized spacial score (nSPS) is 22.5. The van der Waals surface area contributed by atoms with Gasteiger partial charge >= 0.3 is 6.03 Å². The monoisotopic (exact) mass is 342 g/mol. The minimum absolute atomic E-state index is 0.0379. The van der Waals surface area contributed by atoms with Crippen LogP contribution in [0.15, 0.2) is 23.8 Å². The van der Waals surface area contributed by atoms with E-state index in [9.17, 15) is 14.4 Å². The molecule has 0 unspecified atom stereocenters. The lowest BCUT2D eigenvalue weighted by Gasteiger charge is -2.35. The van der Waals surface area contributed by atoms with Gasteiger partial charge in [0.1, 0.15) is 5.57 Å². The van der Waals surface area contributed by atoms with E-state index in [2.05, 4.69) is 5.32 Å². The average Bonchev–Trinajstić information content (AvgIpc) is 3.07. The van der Waals surface area contributed by atoms with Crippen LogP contribution in [0.3, 0.4) is 0 Å². The zero-order valence-electron chi connectivity index (χ0n) is 13.6. The Bertz CT molecular complexity index is 780. The van der Waals surface area contributed by atoms with Crippen LogP contribution >= 0.6 is 0 Å². The van der Waals surface area contributed by atoms with Gasteiger partial charge in [-0.1, -0.05) is 25.3 Å². The molecule has 1 aliphatic carbocycles. The summed E-state index contributed by atoms with van der Waals surface area (Å²) in [4.78, 5) is 38.4. The molecule has 130 valence electrons. The maximum atomic E-state index is 12.8. The molecule has 2 aliphatic heterocycles. The number of rotatable bonds is 2. The molecule has 4 amide bonds. The molecule has 1 aromatic carbocycles. The summed E-state index contributed by atoms with van der Waals surface area (Å²) in [5.74, 6) is -0.00291. The molecule has 1 saturated carbocycles. The van der Waals surface area contributed by atoms with E-state index >= 15 is 0 Å². The summed E-state index contributed by atoms with van der Waals surface area (Å²) < 4.78 is 10.6. The van der Waals surface area contributed by atoms with Crippen molar-refractivity contribution in [2.75, 3.05) is 6.79 Å². The van der Waals surface area contributed by atoms with Crippen LogP contribution in [-0.4, -0.2) is 35.6 Å². The fourth-order valence-corrected chi connectivity index (χ4v) is 3.51. The van der Waals surface area contributed by atoms with Gasteiger partial charge in [0.2, 0.25) is 6.79 Å². The zero-order chi connectivity index (χ0) is 17.4. The maximum Gasteiger partial charge on any atom is 0.331 e. The van der Waals surface area contributed by atoms with Gasteiger partial charge in [0.25, 0.3) is 11.8 Å². The number of imide groups is 2. The van der Waals surface area contributed by atoms with Crippen molar-refractivity contribution in [2.24, 2.45) is 0 Å². The van der Waals surface area contributed by atoms with Gasteiger partial charge in [0, 0.05) is 6.04 Å². The number of nitrogens with one attached hydrogen (secondary N) is 1. The predicted octanol–water partition coefficient (Wildman–Crippen LogP) is 2.21. The van der Waals surface area contributed by atoms with Crippen LogP contribution in [0.4, 0.5) is 4.79 Å². The summed E-state index contributed by atoms with van der Waals surface area (Å²) in [5.41, 5.74) is 0.602. The molecule has 2 fully saturated rings. The molecule has 4 rings (SSSR count). The Balaban J connectivity index is 1.64. The Morgan fingerprint density at radius 2 is 1.80 bits per heavy atom. The number of carbonyl (C=O) groups is 3. The van der Waals surface area contributed by atoms with Crippen molar-refractivity contribution in [3.05, 3.63) is 29.3 Å². The van der Waals surface area contributed by atoms with Crippen LogP contribution < -0.4 is 14.8 Å². The number of ether oxygens (including phenoxy) is 2. The summed E-state index contributed by atoms with van der Waals surface area (Å²) in [6, 6.07) is 4.41. The summed E-state index contributed by atoms with van der Waals surface area (Å²) in [6.07, 6.45) is 6.13. The first kappa shape index (κ1) is 15.7. The lowest BCUT2D eigenvalue weighted by molar-refractivity contribution is -0.132. The number of hydrogen-bond donors (Lipinski definition) is 1. The SMILES string of the molecule is O=C1NC(=O)N(C2CCCCC2)C(=O)/C1=C\c1ccc2c(c1)OCO2. The zero-order valence-corrected chi connectivity index (χ0v) is 13.6. The molecule has 25 heavy (non-hydrogen) atoms. The fourth-order valence-electron chi connectivity index (χ4n) is 3.51. The highest BCUT2D eigenvalue weighted by molar-refractivity contribution is 6.31. The number of nitrogens with zero attached hydrogens (tertiary/aromatic N) is 1. The second-order valence-corrected chi connectivity index (χ2v) is 6.40. The van der Waals surface area contributed by atoms with Crippen LogP contribution in [0.2, 0.25) is 0 Å². The van der Waals surface area contributed by atoms with Gasteiger partial charge in [-0.15, -0.1) is 0 Å². The van der Waals surface area contributed by atoms with Crippen LogP contribution in [0.1, 0.15) is 37.7 Å². The van der Waals surface area contributed by atoms with Crippen molar-refractivity contribution in [1.82, 2.24) is 10.2 Å². The second-order valence-electron chi connectivity index (χ2n) is 6.40. The number of amides is 4. The third-order valence-corrected chi connectivity index (χ3v) is 4.78. The van der Waals surface area contributed by atoms with Crippen LogP contribution in [0.25, 0.3) is 6.08 Å². The molecule has 3 aliphatic rings. The van der Waals surface area contributed by atoms with Crippen LogP contribution in [-0.2, 0) is 9.59 Å². The number of benzene rings is 1. The minimum Gasteiger partial charge on any atom is -0.454 e. The molecule has 0 spiro atoms. The van der Waals surface area contributed by atoms with E-state index in [1.165, 1.54) is 11.0 Å². The van der Waals surface area contributed by atoms with Crippen LogP contribution in [0.5, 0.6) is 11.5 Å². The van der Waals surface area contributed by atoms with E-state index in [0.29, 0.717) is 17.1 Å². The first-order valence-electron chi connectivity index (χ1n) is 8.44. The third-order valence-electron chi connectivity index (χ3n) is 4.78. The molecule has 0 atom stereocenters. The summed E-state index contributed by atoms with van der Waals surface area (Å²) >= 11 is 0. The van der Waals surface area contributed by atoms with Gasteiger partial charge in [-0.3, -0.25) is 19.8 Å². The van der Waals surface area contributed by atoms with E-state index in [4.69, 9.17) is 9.47 Å². The number of fused-ring (bicyclic) bond motifs is 1. The van der Waals surface area contributed by atoms with Gasteiger partial charge in [-0.2, -0.15) is 0 Å². The Kier molecular flexibility index (Phi) is 3.91. The highest BCUT2D eigenvalue weighted by atomic mass is 16.7. The van der Waals surface area contributed by atoms with Crippen LogP contribution in [0, 0.1) is 0 Å². The molecule has 1 saturated heterocycles. The molecule has 1 aromatic rings. The van der Waals surface area contributed by atoms with Crippen molar-refractivity contribution in [3.8, 4) is 11.5 Å². The first-order chi connectivity index (χ1) is 12.1. The molecular formula is C18H18N2O5. The smallest absolute Gasteiger partial charge is 0.331 e. The van der Waals surface area contributed by atoms with E-state index in [1.807, 2.05) is 0 Å². The van der Waals surface area contributed by atoms with Gasteiger partial charge < -0.3 is 9.47 Å². The van der Waals surface area contributed by atoms with Crippen molar-refractivity contribution < 1.29 is 23.9 Å². The molecule has 2 heterocycles. The maximum absolute atomic E-state index is 12.8. The summed E-state index contributed by atoms with van der Waals surface area (Å²) in [5, 5.41) is 2.28. The van der Waals surface area contributed by atoms with E-state index < -0.39 is 17.8 Å². The van der Waals surface area contributed by atoms with Gasteiger partial charge in [0.15, 0.2) is 11.5 Å². The Morgan fingerprint density at radius 1 is 1.04 bits per heavy atom. The molecule has 7 heteroatoms. The third kappa shape index (κ3) is 2.86. The van der Waals surface area contributed by atoms with Crippen molar-refractivity contribution in [2.45, 2.75) is 38.1 Å². The Labute approximate surface area is 144 Å². The first-order valence-corrected chi connectivity index (χ1v) is 8.44. The number of carbonyl (C=O) groups excluding carboxylic acids is 3. The van der Waals surface area contributed by atoms with E-state index in [0.717, 1.165) is 32.1 Å².